The van der Waals surface area contributed by atoms with E-state index in [1.165, 1.54) is 100 Å². The molecule has 0 bridgehead atoms. The molecule has 0 atom stereocenters. The highest BCUT2D eigenvalue weighted by Gasteiger charge is 2.25. The molecule has 0 heterocycles. The number of benzene rings is 13. The number of hydrogen-bond donors (Lipinski definition) is 0. The highest BCUT2D eigenvalue weighted by Crippen LogP contribution is 2.48. The molecule has 13 aromatic rings. The average molecular weight is 1160 g/mol. The molecule has 3 nitrogen and oxygen atoms in total. The van der Waals surface area contributed by atoms with Crippen LogP contribution in [-0.2, 0) is 0 Å². The molecule has 0 N–H and O–H groups in total. The van der Waals surface area contributed by atoms with Gasteiger partial charge in [-0.25, -0.2) is 0 Å². The summed E-state index contributed by atoms with van der Waals surface area (Å²) >= 11 is 0. The summed E-state index contributed by atoms with van der Waals surface area (Å²) in [4.78, 5) is 7.37. The molecule has 0 fully saturated rings. The van der Waals surface area contributed by atoms with Crippen molar-refractivity contribution < 1.29 is 0 Å². The van der Waals surface area contributed by atoms with Crippen LogP contribution in [0.25, 0.3) is 66.8 Å². The molecule has 0 saturated heterocycles. The standard InChI is InChI=1S/C87H75N3/c1-58-10-19-67(20-11-58)70-25-31-73(32-26-70)76-37-43-79(44-38-76)88(85-49-16-61(4)52-64(85)7)82-55-83(89(86-50-17-62(5)53-65(86)8)80-45-39-77(40-46-80)74-33-27-71(28-34-74)68-21-12-59(2)13-22-68)57-84(56-82)90(87-51-18-63(6)54-66(87)9)81-47-41-78(42-48-81)75-35-29-72(30-36-75)69-23-14-60(3)15-24-69/h10-57H,1-9H3. The number of nitrogens with zero attached hydrogens (tertiary/aromatic N) is 3. The van der Waals surface area contributed by atoms with Crippen molar-refractivity contribution in [2.75, 3.05) is 14.7 Å². The van der Waals surface area contributed by atoms with Gasteiger partial charge in [0.05, 0.1) is 17.1 Å². The molecule has 0 unspecified atom stereocenters. The van der Waals surface area contributed by atoms with Crippen LogP contribution in [-0.4, -0.2) is 0 Å². The van der Waals surface area contributed by atoms with Crippen LogP contribution in [0.3, 0.4) is 0 Å². The predicted octanol–water partition coefficient (Wildman–Crippen LogP) is 24.9. The minimum atomic E-state index is 1.02. The first-order valence-electron chi connectivity index (χ1n) is 31.4. The van der Waals surface area contributed by atoms with E-state index in [4.69, 9.17) is 0 Å². The predicted molar refractivity (Wildman–Crippen MR) is 386 cm³/mol. The average Bonchev–Trinajstić information content (AvgIpc) is 1.05. The topological polar surface area (TPSA) is 9.72 Å². The molecule has 0 aliphatic carbocycles. The van der Waals surface area contributed by atoms with Crippen molar-refractivity contribution in [3.63, 3.8) is 0 Å². The smallest absolute Gasteiger partial charge is 0.0503 e. The first-order chi connectivity index (χ1) is 43.7. The molecule has 3 heteroatoms. The van der Waals surface area contributed by atoms with E-state index in [-0.39, 0.29) is 0 Å². The number of rotatable bonds is 15. The second-order valence-corrected chi connectivity index (χ2v) is 24.6. The molecule has 0 amide bonds. The van der Waals surface area contributed by atoms with Crippen molar-refractivity contribution in [1.82, 2.24) is 0 Å². The van der Waals surface area contributed by atoms with Gasteiger partial charge in [0, 0.05) is 34.1 Å². The maximum Gasteiger partial charge on any atom is 0.0503 e. The Morgan fingerprint density at radius 1 is 0.144 bits per heavy atom. The van der Waals surface area contributed by atoms with Crippen LogP contribution in [0, 0.1) is 62.3 Å². The number of aryl methyl sites for hydroxylation is 9. The van der Waals surface area contributed by atoms with Crippen LogP contribution in [0.15, 0.2) is 291 Å². The SMILES string of the molecule is Cc1ccc(-c2ccc(-c3ccc(N(c4cc(N(c5ccc(-c6ccc(-c7ccc(C)cc7)cc6)cc5)c5ccc(C)cc5C)cc(N(c5ccc(-c6ccc(-c7ccc(C)cc7)cc6)cc5)c5ccc(C)cc5C)c4)c4ccc(C)cc4C)cc3)cc2)cc1. The fraction of sp³-hybridized carbons (Fsp3) is 0.103. The van der Waals surface area contributed by atoms with Gasteiger partial charge in [0.2, 0.25) is 0 Å². The van der Waals surface area contributed by atoms with Gasteiger partial charge < -0.3 is 14.7 Å². The lowest BCUT2D eigenvalue weighted by atomic mass is 9.99. The fourth-order valence-electron chi connectivity index (χ4n) is 12.6. The third-order valence-electron chi connectivity index (χ3n) is 17.6. The molecular weight excluding hydrogens is 1090 g/mol. The summed E-state index contributed by atoms with van der Waals surface area (Å²) in [7, 11) is 0. The van der Waals surface area contributed by atoms with E-state index in [9.17, 15) is 0 Å². The van der Waals surface area contributed by atoms with Gasteiger partial charge >= 0.3 is 0 Å². The molecule has 0 spiro atoms. The van der Waals surface area contributed by atoms with Crippen molar-refractivity contribution in [3.8, 4) is 66.8 Å². The Morgan fingerprint density at radius 2 is 0.300 bits per heavy atom. The van der Waals surface area contributed by atoms with Gasteiger partial charge in [-0.2, -0.15) is 0 Å². The highest BCUT2D eigenvalue weighted by atomic mass is 15.2. The molecule has 13 rings (SSSR count). The Labute approximate surface area is 533 Å². The second kappa shape index (κ2) is 25.2. The van der Waals surface area contributed by atoms with E-state index in [0.29, 0.717) is 0 Å². The second-order valence-electron chi connectivity index (χ2n) is 24.6. The van der Waals surface area contributed by atoms with E-state index in [1.54, 1.807) is 0 Å². The van der Waals surface area contributed by atoms with Gasteiger partial charge in [-0.3, -0.25) is 0 Å². The lowest BCUT2D eigenvalue weighted by Gasteiger charge is -2.34. The molecular formula is C87H75N3. The first kappa shape index (κ1) is 58.3. The van der Waals surface area contributed by atoms with Gasteiger partial charge in [0.15, 0.2) is 0 Å². The third-order valence-corrected chi connectivity index (χ3v) is 17.6. The lowest BCUT2D eigenvalue weighted by molar-refractivity contribution is 1.19. The van der Waals surface area contributed by atoms with E-state index in [1.807, 2.05) is 0 Å². The molecule has 438 valence electrons. The van der Waals surface area contributed by atoms with Crippen LogP contribution in [0.1, 0.15) is 50.1 Å². The lowest BCUT2D eigenvalue weighted by Crippen LogP contribution is -2.17. The summed E-state index contributed by atoms with van der Waals surface area (Å²) in [5.41, 5.74) is 34.7. The third kappa shape index (κ3) is 12.4. The van der Waals surface area contributed by atoms with E-state index in [0.717, 1.165) is 67.9 Å². The van der Waals surface area contributed by atoms with Crippen LogP contribution in [0.5, 0.6) is 0 Å². The Kier molecular flexibility index (Phi) is 16.3. The van der Waals surface area contributed by atoms with E-state index in [2.05, 4.69) is 368 Å². The van der Waals surface area contributed by atoms with Crippen molar-refractivity contribution in [2.45, 2.75) is 62.3 Å². The quantitative estimate of drug-likeness (QED) is 0.101. The molecule has 0 aliphatic rings. The first-order valence-corrected chi connectivity index (χ1v) is 31.4. The Hall–Kier alpha value is -10.7. The largest absolute Gasteiger partial charge is 0.310 e. The van der Waals surface area contributed by atoms with Gasteiger partial charge in [-0.15, -0.1) is 0 Å². The van der Waals surface area contributed by atoms with E-state index >= 15 is 0 Å². The van der Waals surface area contributed by atoms with Crippen LogP contribution >= 0.6 is 0 Å². The maximum atomic E-state index is 2.46. The maximum absolute atomic E-state index is 2.46. The van der Waals surface area contributed by atoms with Crippen LogP contribution in [0.2, 0.25) is 0 Å². The highest BCUT2D eigenvalue weighted by molar-refractivity contribution is 5.92. The van der Waals surface area contributed by atoms with Crippen LogP contribution < -0.4 is 14.7 Å². The van der Waals surface area contributed by atoms with Crippen molar-refractivity contribution in [3.05, 3.63) is 341 Å². The summed E-state index contributed by atoms with van der Waals surface area (Å²) in [5.74, 6) is 0. The zero-order valence-electron chi connectivity index (χ0n) is 53.1. The minimum absolute atomic E-state index is 1.02. The van der Waals surface area contributed by atoms with Crippen molar-refractivity contribution in [2.24, 2.45) is 0 Å². The number of hydrogen-bond acceptors (Lipinski definition) is 3. The zero-order chi connectivity index (χ0) is 62.0. The summed E-state index contributed by atoms with van der Waals surface area (Å²) in [6.07, 6.45) is 0. The number of anilines is 9. The normalized spacial score (nSPS) is 11.2. The molecule has 13 aromatic carbocycles. The van der Waals surface area contributed by atoms with Crippen molar-refractivity contribution in [1.29, 1.82) is 0 Å². The molecule has 0 aromatic heterocycles. The van der Waals surface area contributed by atoms with E-state index < -0.39 is 0 Å². The van der Waals surface area contributed by atoms with Crippen LogP contribution in [0.4, 0.5) is 51.2 Å². The summed E-state index contributed by atoms with van der Waals surface area (Å²) in [6, 6.07) is 108. The van der Waals surface area contributed by atoms with Crippen molar-refractivity contribution >= 4 is 51.2 Å². The summed E-state index contributed by atoms with van der Waals surface area (Å²) < 4.78 is 0. The molecule has 0 saturated carbocycles. The van der Waals surface area contributed by atoms with Gasteiger partial charge in [-0.05, 0) is 219 Å². The zero-order valence-corrected chi connectivity index (χ0v) is 53.1. The summed E-state index contributed by atoms with van der Waals surface area (Å²) in [5, 5.41) is 0. The summed E-state index contributed by atoms with van der Waals surface area (Å²) in [6.45, 7) is 19.7. The van der Waals surface area contributed by atoms with Gasteiger partial charge in [-0.1, -0.05) is 252 Å². The molecule has 0 radical (unpaired) electrons. The Bertz CT molecular complexity index is 4160. The van der Waals surface area contributed by atoms with Gasteiger partial charge in [0.25, 0.3) is 0 Å². The Balaban J connectivity index is 0.982. The fourth-order valence-corrected chi connectivity index (χ4v) is 12.6. The monoisotopic (exact) mass is 1160 g/mol. The Morgan fingerprint density at radius 3 is 0.478 bits per heavy atom. The molecule has 0 aliphatic heterocycles. The minimum Gasteiger partial charge on any atom is -0.310 e. The molecule has 90 heavy (non-hydrogen) atoms. The van der Waals surface area contributed by atoms with Gasteiger partial charge in [0.1, 0.15) is 0 Å².